The van der Waals surface area contributed by atoms with Gasteiger partial charge in [-0.1, -0.05) is 25.3 Å². The molecule has 0 spiro atoms. The Kier molecular flexibility index (Phi) is 7.78. The smallest absolute Gasteiger partial charge is 0.313 e. The highest BCUT2D eigenvalue weighted by Crippen LogP contribution is 2.39. The maximum absolute atomic E-state index is 12.6. The maximum atomic E-state index is 12.6. The van der Waals surface area contributed by atoms with Crippen LogP contribution in [0.2, 0.25) is 0 Å². The largest absolute Gasteiger partial charge is 0.489 e. The molecule has 3 heterocycles. The minimum absolute atomic E-state index is 0.0284. The van der Waals surface area contributed by atoms with E-state index in [-0.39, 0.29) is 17.5 Å². The molecule has 1 saturated carbocycles. The number of likely N-dealkylation sites (tertiary alicyclic amines) is 1. The van der Waals surface area contributed by atoms with Crippen molar-refractivity contribution in [3.63, 3.8) is 0 Å². The Balaban J connectivity index is 1.16. The summed E-state index contributed by atoms with van der Waals surface area (Å²) in [5.41, 5.74) is 0.358. The molecule has 1 aliphatic carbocycles. The number of aromatic nitrogens is 1. The summed E-state index contributed by atoms with van der Waals surface area (Å²) in [5, 5.41) is 5.01. The van der Waals surface area contributed by atoms with Crippen LogP contribution in [0.5, 0.6) is 11.6 Å². The molecule has 0 bridgehead atoms. The van der Waals surface area contributed by atoms with Crippen molar-refractivity contribution in [2.75, 3.05) is 46.6 Å². The van der Waals surface area contributed by atoms with E-state index in [1.807, 2.05) is 18.2 Å². The molecule has 1 aromatic heterocycles. The summed E-state index contributed by atoms with van der Waals surface area (Å²) in [5.74, 6) is 1.69. The van der Waals surface area contributed by atoms with Crippen molar-refractivity contribution in [1.82, 2.24) is 10.1 Å². The summed E-state index contributed by atoms with van der Waals surface area (Å²) in [6.45, 7) is 4.83. The zero-order chi connectivity index (χ0) is 24.1. The van der Waals surface area contributed by atoms with Crippen molar-refractivity contribution >= 4 is 16.9 Å². The van der Waals surface area contributed by atoms with E-state index in [0.717, 1.165) is 95.4 Å². The Labute approximate surface area is 207 Å². The summed E-state index contributed by atoms with van der Waals surface area (Å²) in [7, 11) is 1.52. The molecule has 0 N–H and O–H groups in total. The molecule has 0 atom stereocenters. The third kappa shape index (κ3) is 5.59. The number of piperidine rings is 1. The lowest BCUT2D eigenvalue weighted by Crippen LogP contribution is -2.47. The number of carbonyl (C=O) groups excluding carboxylic acids is 1. The fourth-order valence-corrected chi connectivity index (χ4v) is 5.91. The number of methoxy groups -OCH3 is 1. The fraction of sp³-hybridized carbons (Fsp3) is 0.704. The summed E-state index contributed by atoms with van der Waals surface area (Å²) >= 11 is 0. The molecular formula is C27H38N2O6. The van der Waals surface area contributed by atoms with E-state index in [9.17, 15) is 4.79 Å². The van der Waals surface area contributed by atoms with Gasteiger partial charge in [-0.15, -0.1) is 0 Å². The maximum Gasteiger partial charge on any atom is 0.313 e. The van der Waals surface area contributed by atoms with Gasteiger partial charge in [0.2, 0.25) is 0 Å². The Morgan fingerprint density at radius 1 is 1.11 bits per heavy atom. The van der Waals surface area contributed by atoms with Crippen LogP contribution in [0.1, 0.15) is 57.8 Å². The van der Waals surface area contributed by atoms with Crippen LogP contribution in [-0.4, -0.2) is 68.7 Å². The summed E-state index contributed by atoms with van der Waals surface area (Å²) < 4.78 is 28.7. The van der Waals surface area contributed by atoms with Crippen LogP contribution < -0.4 is 9.47 Å². The van der Waals surface area contributed by atoms with E-state index in [1.165, 1.54) is 13.5 Å². The van der Waals surface area contributed by atoms with Crippen LogP contribution in [0.3, 0.4) is 0 Å². The molecule has 2 aliphatic heterocycles. The van der Waals surface area contributed by atoms with Gasteiger partial charge in [-0.05, 0) is 62.0 Å². The zero-order valence-corrected chi connectivity index (χ0v) is 20.8. The quantitative estimate of drug-likeness (QED) is 0.501. The number of hydrogen-bond donors (Lipinski definition) is 0. The molecule has 35 heavy (non-hydrogen) atoms. The molecule has 1 aromatic carbocycles. The monoisotopic (exact) mass is 486 g/mol. The third-order valence-electron chi connectivity index (χ3n) is 8.01. The van der Waals surface area contributed by atoms with Crippen LogP contribution in [0.4, 0.5) is 0 Å². The minimum atomic E-state index is -0.323. The van der Waals surface area contributed by atoms with E-state index in [1.54, 1.807) is 0 Å². The first-order valence-electron chi connectivity index (χ1n) is 13.2. The van der Waals surface area contributed by atoms with Crippen molar-refractivity contribution in [1.29, 1.82) is 0 Å². The highest BCUT2D eigenvalue weighted by molar-refractivity contribution is 5.88. The molecule has 192 valence electrons. The first-order valence-corrected chi connectivity index (χ1v) is 13.2. The highest BCUT2D eigenvalue weighted by Gasteiger charge is 2.42. The van der Waals surface area contributed by atoms with Crippen molar-refractivity contribution in [3.05, 3.63) is 18.2 Å². The SMILES string of the molecule is COC(=O)C1(CN2CCC(COc3noc4cccc(OC5CCOCC5)c34)CC2)CCCCC1. The van der Waals surface area contributed by atoms with Gasteiger partial charge in [0, 0.05) is 19.4 Å². The second-order valence-corrected chi connectivity index (χ2v) is 10.4. The number of nitrogens with zero attached hydrogens (tertiary/aromatic N) is 2. The predicted octanol–water partition coefficient (Wildman–Crippen LogP) is 4.60. The standard InChI is InChI=1S/C27H38N2O6/c1-31-26(30)27(12-3-2-4-13-27)19-29-14-8-20(9-15-29)18-33-25-24-22(6-5-7-23(24)35-28-25)34-21-10-16-32-17-11-21/h5-7,20-21H,2-4,8-19H2,1H3. The second kappa shape index (κ2) is 11.2. The lowest BCUT2D eigenvalue weighted by Gasteiger charge is -2.41. The fourth-order valence-electron chi connectivity index (χ4n) is 5.91. The van der Waals surface area contributed by atoms with E-state index >= 15 is 0 Å². The molecule has 5 rings (SSSR count). The number of esters is 1. The van der Waals surface area contributed by atoms with Gasteiger partial charge in [0.25, 0.3) is 5.88 Å². The van der Waals surface area contributed by atoms with Crippen molar-refractivity contribution in [2.45, 2.75) is 63.9 Å². The predicted molar refractivity (Wildman–Crippen MR) is 131 cm³/mol. The number of hydrogen-bond acceptors (Lipinski definition) is 8. The Morgan fingerprint density at radius 3 is 2.63 bits per heavy atom. The normalized spacial score (nSPS) is 22.2. The van der Waals surface area contributed by atoms with Gasteiger partial charge in [0.15, 0.2) is 5.58 Å². The molecule has 8 nitrogen and oxygen atoms in total. The molecule has 0 radical (unpaired) electrons. The Bertz CT molecular complexity index is 971. The number of ether oxygens (including phenoxy) is 4. The van der Waals surface area contributed by atoms with Gasteiger partial charge in [0.05, 0.1) is 32.3 Å². The number of benzene rings is 1. The molecule has 0 amide bonds. The van der Waals surface area contributed by atoms with Gasteiger partial charge in [0.1, 0.15) is 17.2 Å². The molecule has 3 aliphatic rings. The summed E-state index contributed by atoms with van der Waals surface area (Å²) in [4.78, 5) is 15.1. The Hall–Kier alpha value is -2.32. The lowest BCUT2D eigenvalue weighted by molar-refractivity contribution is -0.156. The number of carbonyl (C=O) groups is 1. The van der Waals surface area contributed by atoms with Gasteiger partial charge in [-0.3, -0.25) is 4.79 Å². The number of rotatable bonds is 8. The van der Waals surface area contributed by atoms with Crippen LogP contribution in [0.25, 0.3) is 11.0 Å². The first-order chi connectivity index (χ1) is 17.2. The van der Waals surface area contributed by atoms with E-state index < -0.39 is 0 Å². The van der Waals surface area contributed by atoms with Crippen molar-refractivity contribution in [2.24, 2.45) is 11.3 Å². The highest BCUT2D eigenvalue weighted by atomic mass is 16.5. The second-order valence-electron chi connectivity index (χ2n) is 10.4. The summed E-state index contributed by atoms with van der Waals surface area (Å²) in [6.07, 6.45) is 9.32. The van der Waals surface area contributed by atoms with Crippen molar-refractivity contribution < 1.29 is 28.3 Å². The molecule has 8 heteroatoms. The van der Waals surface area contributed by atoms with Gasteiger partial charge < -0.3 is 28.4 Å². The van der Waals surface area contributed by atoms with Crippen molar-refractivity contribution in [3.8, 4) is 11.6 Å². The Morgan fingerprint density at radius 2 is 1.89 bits per heavy atom. The van der Waals surface area contributed by atoms with Gasteiger partial charge in [-0.25, -0.2) is 0 Å². The van der Waals surface area contributed by atoms with Crippen LogP contribution in [0, 0.1) is 11.3 Å². The van der Waals surface area contributed by atoms with Gasteiger partial charge >= 0.3 is 5.97 Å². The van der Waals surface area contributed by atoms with Crippen LogP contribution in [0.15, 0.2) is 22.7 Å². The molecule has 2 aromatic rings. The lowest BCUT2D eigenvalue weighted by atomic mass is 9.73. The van der Waals surface area contributed by atoms with Crippen LogP contribution in [-0.2, 0) is 14.3 Å². The molecule has 0 unspecified atom stereocenters. The molecule has 3 fully saturated rings. The van der Waals surface area contributed by atoms with Gasteiger partial charge in [-0.2, -0.15) is 0 Å². The van der Waals surface area contributed by atoms with E-state index in [0.29, 0.717) is 24.0 Å². The minimum Gasteiger partial charge on any atom is -0.489 e. The average molecular weight is 487 g/mol. The topological polar surface area (TPSA) is 83.3 Å². The number of fused-ring (bicyclic) bond motifs is 1. The van der Waals surface area contributed by atoms with Crippen LogP contribution >= 0.6 is 0 Å². The summed E-state index contributed by atoms with van der Waals surface area (Å²) in [6, 6.07) is 5.78. The first kappa shape index (κ1) is 24.4. The third-order valence-corrected chi connectivity index (χ3v) is 8.01. The molecule has 2 saturated heterocycles. The molecular weight excluding hydrogens is 448 g/mol. The van der Waals surface area contributed by atoms with E-state index in [4.69, 9.17) is 23.5 Å². The van der Waals surface area contributed by atoms with E-state index in [2.05, 4.69) is 10.1 Å². The average Bonchev–Trinajstić information content (AvgIpc) is 3.33. The zero-order valence-electron chi connectivity index (χ0n) is 20.8.